The topological polar surface area (TPSA) is 72.3 Å². The van der Waals surface area contributed by atoms with Gasteiger partial charge in [-0.2, -0.15) is 4.31 Å². The molecule has 29 heavy (non-hydrogen) atoms. The predicted molar refractivity (Wildman–Crippen MR) is 115 cm³/mol. The minimum absolute atomic E-state index is 0.180. The number of hydrogen-bond donors (Lipinski definition) is 0. The molecular weight excluding hydrogens is 386 g/mol. The maximum atomic E-state index is 13.4. The minimum atomic E-state index is -3.74. The summed E-state index contributed by atoms with van der Waals surface area (Å²) in [5, 5.41) is 0.521. The van der Waals surface area contributed by atoms with Gasteiger partial charge < -0.3 is 0 Å². The number of benzene rings is 2. The Bertz CT molecular complexity index is 1170. The van der Waals surface area contributed by atoms with Crippen LogP contribution in [0.3, 0.4) is 0 Å². The number of aromatic nitrogens is 2. The summed E-state index contributed by atoms with van der Waals surface area (Å²) in [6, 6.07) is 13.4. The molecule has 6 nitrogen and oxygen atoms in total. The van der Waals surface area contributed by atoms with Crippen molar-refractivity contribution in [3.05, 3.63) is 70.3 Å². The van der Waals surface area contributed by atoms with Crippen molar-refractivity contribution < 1.29 is 8.42 Å². The maximum absolute atomic E-state index is 13.4. The summed E-state index contributed by atoms with van der Waals surface area (Å²) in [5.74, 6) is 0.431. The summed E-state index contributed by atoms with van der Waals surface area (Å²) < 4.78 is 29.8. The number of nitrogens with zero attached hydrogens (tertiary/aromatic N) is 3. The normalized spacial score (nSPS) is 13.1. The van der Waals surface area contributed by atoms with E-state index in [4.69, 9.17) is 0 Å². The predicted octanol–water partition coefficient (Wildman–Crippen LogP) is 3.79. The second-order valence-electron chi connectivity index (χ2n) is 7.31. The molecule has 0 spiro atoms. The average molecular weight is 414 g/mol. The molecule has 0 bridgehead atoms. The monoisotopic (exact) mass is 413 g/mol. The van der Waals surface area contributed by atoms with Gasteiger partial charge in [-0.25, -0.2) is 13.4 Å². The van der Waals surface area contributed by atoms with Crippen molar-refractivity contribution >= 4 is 20.9 Å². The Balaban J connectivity index is 2.12. The number of fused-ring (bicyclic) bond motifs is 1. The molecule has 0 amide bonds. The van der Waals surface area contributed by atoms with Gasteiger partial charge in [-0.15, -0.1) is 0 Å². The Hall–Kier alpha value is -2.51. The van der Waals surface area contributed by atoms with E-state index in [-0.39, 0.29) is 10.5 Å². The third kappa shape index (κ3) is 4.11. The second kappa shape index (κ2) is 8.47. The molecule has 0 radical (unpaired) electrons. The first-order chi connectivity index (χ1) is 13.8. The molecule has 0 N–H and O–H groups in total. The first-order valence-electron chi connectivity index (χ1n) is 9.81. The van der Waals surface area contributed by atoms with Crippen molar-refractivity contribution in [3.63, 3.8) is 0 Å². The van der Waals surface area contributed by atoms with E-state index in [0.29, 0.717) is 23.3 Å². The van der Waals surface area contributed by atoms with Crippen LogP contribution < -0.4 is 5.56 Å². The van der Waals surface area contributed by atoms with E-state index in [1.54, 1.807) is 56.4 Å². The summed E-state index contributed by atoms with van der Waals surface area (Å²) in [6.45, 7) is 6.09. The molecule has 1 aromatic heterocycles. The first kappa shape index (κ1) is 21.2. The lowest BCUT2D eigenvalue weighted by Gasteiger charge is -2.29. The van der Waals surface area contributed by atoms with Crippen LogP contribution in [0, 0.1) is 6.92 Å². The van der Waals surface area contributed by atoms with Crippen LogP contribution in [-0.4, -0.2) is 28.8 Å². The van der Waals surface area contributed by atoms with Gasteiger partial charge in [0.2, 0.25) is 10.0 Å². The third-order valence-corrected chi connectivity index (χ3v) is 7.17. The summed E-state index contributed by atoms with van der Waals surface area (Å²) >= 11 is 0. The van der Waals surface area contributed by atoms with Crippen LogP contribution >= 0.6 is 0 Å². The van der Waals surface area contributed by atoms with Crippen molar-refractivity contribution in [1.82, 2.24) is 13.9 Å². The zero-order valence-electron chi connectivity index (χ0n) is 17.3. The summed E-state index contributed by atoms with van der Waals surface area (Å²) in [4.78, 5) is 17.7. The van der Waals surface area contributed by atoms with E-state index >= 15 is 0 Å². The molecule has 0 aliphatic carbocycles. The van der Waals surface area contributed by atoms with Crippen LogP contribution in [0.5, 0.6) is 0 Å². The molecule has 3 aromatic rings. The lowest BCUT2D eigenvalue weighted by molar-refractivity contribution is 0.319. The number of hydrogen-bond acceptors (Lipinski definition) is 4. The summed E-state index contributed by atoms with van der Waals surface area (Å²) in [6.07, 6.45) is 1.58. The fraction of sp³-hybridized carbons (Fsp3) is 0.364. The molecule has 2 aromatic carbocycles. The van der Waals surface area contributed by atoms with Gasteiger partial charge in [0.25, 0.3) is 5.56 Å². The minimum Gasteiger partial charge on any atom is -0.298 e. The molecule has 0 saturated heterocycles. The number of unbranched alkanes of at least 4 members (excludes halogenated alkanes) is 1. The number of para-hydroxylation sites is 1. The van der Waals surface area contributed by atoms with Crippen LogP contribution in [-0.2, 0) is 17.1 Å². The van der Waals surface area contributed by atoms with Crippen LogP contribution in [0.2, 0.25) is 0 Å². The van der Waals surface area contributed by atoms with Gasteiger partial charge in [-0.1, -0.05) is 43.2 Å². The van der Waals surface area contributed by atoms with Gasteiger partial charge in [-0.3, -0.25) is 9.36 Å². The Morgan fingerprint density at radius 2 is 1.76 bits per heavy atom. The summed E-state index contributed by atoms with van der Waals surface area (Å²) in [5.41, 5.74) is 1.39. The highest BCUT2D eigenvalue weighted by molar-refractivity contribution is 7.89. The van der Waals surface area contributed by atoms with Crippen molar-refractivity contribution in [1.29, 1.82) is 0 Å². The molecular formula is C22H27N3O3S. The van der Waals surface area contributed by atoms with Gasteiger partial charge in [-0.05, 0) is 44.5 Å². The molecule has 1 heterocycles. The zero-order valence-corrected chi connectivity index (χ0v) is 18.1. The van der Waals surface area contributed by atoms with E-state index in [9.17, 15) is 13.2 Å². The van der Waals surface area contributed by atoms with Gasteiger partial charge in [0.1, 0.15) is 5.82 Å². The maximum Gasteiger partial charge on any atom is 0.261 e. The van der Waals surface area contributed by atoms with E-state index in [1.807, 2.05) is 19.9 Å². The molecule has 0 saturated carbocycles. The molecule has 1 unspecified atom stereocenters. The highest BCUT2D eigenvalue weighted by atomic mass is 32.2. The SMILES string of the molecule is CCCCN(C(C)c1nc2ccccc2c(=O)n1C)S(=O)(=O)c1ccc(C)cc1. The van der Waals surface area contributed by atoms with Crippen molar-refractivity contribution in [3.8, 4) is 0 Å². The van der Waals surface area contributed by atoms with Gasteiger partial charge in [0.05, 0.1) is 21.8 Å². The molecule has 3 rings (SSSR count). The molecule has 1 atom stereocenters. The molecule has 0 aliphatic rings. The lowest BCUT2D eigenvalue weighted by atomic mass is 10.2. The number of rotatable bonds is 7. The highest BCUT2D eigenvalue weighted by Crippen LogP contribution is 2.27. The van der Waals surface area contributed by atoms with Crippen molar-refractivity contribution in [2.24, 2.45) is 7.05 Å². The highest BCUT2D eigenvalue weighted by Gasteiger charge is 2.31. The molecule has 0 fully saturated rings. The smallest absolute Gasteiger partial charge is 0.261 e. The van der Waals surface area contributed by atoms with Crippen molar-refractivity contribution in [2.75, 3.05) is 6.54 Å². The second-order valence-corrected chi connectivity index (χ2v) is 9.20. The van der Waals surface area contributed by atoms with Crippen LogP contribution in [0.1, 0.15) is 44.1 Å². The molecule has 154 valence electrons. The quantitative estimate of drug-likeness (QED) is 0.591. The standard InChI is InChI=1S/C22H27N3O3S/c1-5-6-15-25(29(27,28)18-13-11-16(2)12-14-18)17(3)21-23-20-10-8-7-9-19(20)22(26)24(21)4/h7-14,17H,5-6,15H2,1-4H3. The molecule has 0 aliphatic heterocycles. The number of sulfonamides is 1. The zero-order chi connectivity index (χ0) is 21.2. The van der Waals surface area contributed by atoms with E-state index < -0.39 is 16.1 Å². The van der Waals surface area contributed by atoms with Crippen LogP contribution in [0.25, 0.3) is 10.9 Å². The van der Waals surface area contributed by atoms with Crippen LogP contribution in [0.4, 0.5) is 0 Å². The van der Waals surface area contributed by atoms with E-state index in [2.05, 4.69) is 4.98 Å². The lowest BCUT2D eigenvalue weighted by Crippen LogP contribution is -2.37. The Labute approximate surface area is 171 Å². The summed E-state index contributed by atoms with van der Waals surface area (Å²) in [7, 11) is -2.10. The third-order valence-electron chi connectivity index (χ3n) is 5.18. The Kier molecular flexibility index (Phi) is 6.19. The average Bonchev–Trinajstić information content (AvgIpc) is 2.71. The fourth-order valence-corrected chi connectivity index (χ4v) is 5.05. The van der Waals surface area contributed by atoms with Gasteiger partial charge in [0, 0.05) is 13.6 Å². The Morgan fingerprint density at radius 1 is 1.10 bits per heavy atom. The number of aryl methyl sites for hydroxylation is 1. The van der Waals surface area contributed by atoms with E-state index in [0.717, 1.165) is 18.4 Å². The van der Waals surface area contributed by atoms with Gasteiger partial charge >= 0.3 is 0 Å². The van der Waals surface area contributed by atoms with E-state index in [1.165, 1.54) is 8.87 Å². The van der Waals surface area contributed by atoms with Crippen LogP contribution in [0.15, 0.2) is 58.2 Å². The Morgan fingerprint density at radius 3 is 2.41 bits per heavy atom. The molecule has 7 heteroatoms. The fourth-order valence-electron chi connectivity index (χ4n) is 3.42. The first-order valence-corrected chi connectivity index (χ1v) is 11.3. The van der Waals surface area contributed by atoms with Gasteiger partial charge in [0.15, 0.2) is 0 Å². The van der Waals surface area contributed by atoms with Crippen molar-refractivity contribution in [2.45, 2.75) is 44.6 Å². The largest absolute Gasteiger partial charge is 0.298 e.